The van der Waals surface area contributed by atoms with Crippen molar-refractivity contribution in [3.8, 4) is 0 Å². The fourth-order valence-electron chi connectivity index (χ4n) is 5.24. The summed E-state index contributed by atoms with van der Waals surface area (Å²) in [4.78, 5) is 0. The third-order valence-corrected chi connectivity index (χ3v) is 7.02. The molecule has 0 aromatic heterocycles. The maximum Gasteiger partial charge on any atom is -0.0298 e. The third-order valence-electron chi connectivity index (χ3n) is 7.02. The molecule has 0 bridgehead atoms. The predicted octanol–water partition coefficient (Wildman–Crippen LogP) is 7.23. The van der Waals surface area contributed by atoms with Gasteiger partial charge >= 0.3 is 0 Å². The molecule has 0 nitrogen and oxygen atoms in total. The SMILES string of the molecule is CC(C)CCCC1CCCCC(C(C)C2(C)CCCC2)C1. The minimum absolute atomic E-state index is 0.678. The van der Waals surface area contributed by atoms with Crippen molar-refractivity contribution in [3.63, 3.8) is 0 Å². The molecule has 21 heavy (non-hydrogen) atoms. The average molecular weight is 293 g/mol. The van der Waals surface area contributed by atoms with Gasteiger partial charge in [-0.05, 0) is 48.3 Å². The Morgan fingerprint density at radius 3 is 2.29 bits per heavy atom. The second kappa shape index (κ2) is 8.02. The van der Waals surface area contributed by atoms with Gasteiger partial charge in [-0.3, -0.25) is 0 Å². The van der Waals surface area contributed by atoms with Gasteiger partial charge in [-0.2, -0.15) is 0 Å². The van der Waals surface area contributed by atoms with Crippen LogP contribution in [0.25, 0.3) is 0 Å². The van der Waals surface area contributed by atoms with Crippen molar-refractivity contribution in [1.82, 2.24) is 0 Å². The van der Waals surface area contributed by atoms with Crippen LogP contribution in [0.3, 0.4) is 0 Å². The van der Waals surface area contributed by atoms with Gasteiger partial charge in [-0.25, -0.2) is 0 Å². The molecular weight excluding hydrogens is 252 g/mol. The first kappa shape index (κ1) is 17.4. The summed E-state index contributed by atoms with van der Waals surface area (Å²) in [5.41, 5.74) is 0.678. The molecule has 0 amide bonds. The van der Waals surface area contributed by atoms with Gasteiger partial charge in [-0.15, -0.1) is 0 Å². The zero-order valence-corrected chi connectivity index (χ0v) is 15.3. The Kier molecular flexibility index (Phi) is 6.63. The lowest BCUT2D eigenvalue weighted by Crippen LogP contribution is -2.29. The molecular formula is C21H40. The molecule has 0 radical (unpaired) electrons. The third kappa shape index (κ3) is 5.00. The van der Waals surface area contributed by atoms with Gasteiger partial charge in [-0.1, -0.05) is 85.5 Å². The molecule has 124 valence electrons. The molecule has 2 saturated carbocycles. The maximum atomic E-state index is 2.60. The summed E-state index contributed by atoms with van der Waals surface area (Å²) < 4.78 is 0. The molecule has 0 spiro atoms. The highest BCUT2D eigenvalue weighted by atomic mass is 14.4. The molecule has 0 heterocycles. The van der Waals surface area contributed by atoms with E-state index in [0.717, 1.165) is 23.7 Å². The van der Waals surface area contributed by atoms with Gasteiger partial charge in [0.05, 0.1) is 0 Å². The van der Waals surface area contributed by atoms with Gasteiger partial charge in [0.2, 0.25) is 0 Å². The van der Waals surface area contributed by atoms with E-state index in [2.05, 4.69) is 27.7 Å². The lowest BCUT2D eigenvalue weighted by atomic mass is 9.67. The Morgan fingerprint density at radius 1 is 0.952 bits per heavy atom. The van der Waals surface area contributed by atoms with Crippen molar-refractivity contribution in [2.75, 3.05) is 0 Å². The summed E-state index contributed by atoms with van der Waals surface area (Å²) in [5.74, 6) is 3.93. The molecule has 2 aliphatic rings. The van der Waals surface area contributed by atoms with Crippen LogP contribution in [0.2, 0.25) is 0 Å². The molecule has 0 heteroatoms. The summed E-state index contributed by atoms with van der Waals surface area (Å²) >= 11 is 0. The Hall–Kier alpha value is 0. The Bertz CT molecular complexity index is 284. The fourth-order valence-corrected chi connectivity index (χ4v) is 5.24. The van der Waals surface area contributed by atoms with Crippen molar-refractivity contribution in [3.05, 3.63) is 0 Å². The van der Waals surface area contributed by atoms with E-state index >= 15 is 0 Å². The second-order valence-electron chi connectivity index (χ2n) is 9.12. The van der Waals surface area contributed by atoms with Gasteiger partial charge in [0, 0.05) is 0 Å². The lowest BCUT2D eigenvalue weighted by molar-refractivity contribution is 0.118. The molecule has 0 aromatic carbocycles. The van der Waals surface area contributed by atoms with Crippen molar-refractivity contribution < 1.29 is 0 Å². The largest absolute Gasteiger partial charge is 0.0628 e. The van der Waals surface area contributed by atoms with E-state index in [4.69, 9.17) is 0 Å². The molecule has 0 aromatic rings. The van der Waals surface area contributed by atoms with Crippen molar-refractivity contribution in [2.24, 2.45) is 29.1 Å². The van der Waals surface area contributed by atoms with E-state index in [1.54, 1.807) is 6.42 Å². The van der Waals surface area contributed by atoms with Gasteiger partial charge in [0.25, 0.3) is 0 Å². The first-order valence-corrected chi connectivity index (χ1v) is 10.0. The number of hydrogen-bond donors (Lipinski definition) is 0. The van der Waals surface area contributed by atoms with Crippen LogP contribution in [0.5, 0.6) is 0 Å². The van der Waals surface area contributed by atoms with Crippen LogP contribution >= 0.6 is 0 Å². The first-order chi connectivity index (χ1) is 10.0. The zero-order chi connectivity index (χ0) is 15.3. The predicted molar refractivity (Wildman–Crippen MR) is 94.5 cm³/mol. The Balaban J connectivity index is 1.86. The minimum Gasteiger partial charge on any atom is -0.0628 e. The maximum absolute atomic E-state index is 2.60. The van der Waals surface area contributed by atoms with Gasteiger partial charge < -0.3 is 0 Å². The Morgan fingerprint density at radius 2 is 1.62 bits per heavy atom. The first-order valence-electron chi connectivity index (χ1n) is 10.0. The summed E-state index contributed by atoms with van der Waals surface area (Å²) in [6, 6.07) is 0. The molecule has 0 N–H and O–H groups in total. The van der Waals surface area contributed by atoms with E-state index in [-0.39, 0.29) is 0 Å². The summed E-state index contributed by atoms with van der Waals surface area (Å²) in [6.07, 6.45) is 18.0. The molecule has 3 atom stereocenters. The van der Waals surface area contributed by atoms with Crippen molar-refractivity contribution in [1.29, 1.82) is 0 Å². The number of rotatable bonds is 6. The molecule has 0 aliphatic heterocycles. The van der Waals surface area contributed by atoms with Crippen LogP contribution in [-0.2, 0) is 0 Å². The van der Waals surface area contributed by atoms with E-state index in [9.17, 15) is 0 Å². The zero-order valence-electron chi connectivity index (χ0n) is 15.3. The molecule has 2 aliphatic carbocycles. The highest BCUT2D eigenvalue weighted by Crippen LogP contribution is 2.49. The summed E-state index contributed by atoms with van der Waals surface area (Å²) in [7, 11) is 0. The smallest absolute Gasteiger partial charge is 0.0298 e. The van der Waals surface area contributed by atoms with Crippen LogP contribution in [-0.4, -0.2) is 0 Å². The standard InChI is InChI=1S/C21H40/c1-17(2)10-9-12-19-11-5-6-13-20(16-19)18(3)21(4)14-7-8-15-21/h17-20H,5-16H2,1-4H3. The molecule has 2 rings (SSSR count). The van der Waals surface area contributed by atoms with Crippen LogP contribution in [0.1, 0.15) is 105 Å². The normalized spacial score (nSPS) is 31.3. The van der Waals surface area contributed by atoms with Crippen LogP contribution in [0.15, 0.2) is 0 Å². The monoisotopic (exact) mass is 292 g/mol. The average Bonchev–Trinajstić information content (AvgIpc) is 2.75. The van der Waals surface area contributed by atoms with E-state index in [1.165, 1.54) is 70.6 Å². The van der Waals surface area contributed by atoms with Crippen LogP contribution < -0.4 is 0 Å². The fraction of sp³-hybridized carbons (Fsp3) is 1.00. The van der Waals surface area contributed by atoms with Gasteiger partial charge in [0.15, 0.2) is 0 Å². The molecule has 2 fully saturated rings. The van der Waals surface area contributed by atoms with E-state index in [1.807, 2.05) is 0 Å². The van der Waals surface area contributed by atoms with Gasteiger partial charge in [0.1, 0.15) is 0 Å². The van der Waals surface area contributed by atoms with Crippen molar-refractivity contribution in [2.45, 2.75) is 105 Å². The minimum atomic E-state index is 0.678. The quantitative estimate of drug-likeness (QED) is 0.453. The highest BCUT2D eigenvalue weighted by molar-refractivity contribution is 4.89. The van der Waals surface area contributed by atoms with E-state index in [0.29, 0.717) is 5.41 Å². The number of hydrogen-bond acceptors (Lipinski definition) is 0. The lowest BCUT2D eigenvalue weighted by Gasteiger charge is -2.38. The van der Waals surface area contributed by atoms with Crippen LogP contribution in [0.4, 0.5) is 0 Å². The van der Waals surface area contributed by atoms with Crippen LogP contribution in [0, 0.1) is 29.1 Å². The topological polar surface area (TPSA) is 0 Å². The molecule has 3 unspecified atom stereocenters. The highest BCUT2D eigenvalue weighted by Gasteiger charge is 2.39. The van der Waals surface area contributed by atoms with E-state index < -0.39 is 0 Å². The van der Waals surface area contributed by atoms with Crippen molar-refractivity contribution >= 4 is 0 Å². The Labute approximate surface area is 134 Å². The summed E-state index contributed by atoms with van der Waals surface area (Å²) in [5, 5.41) is 0. The molecule has 0 saturated heterocycles. The summed E-state index contributed by atoms with van der Waals surface area (Å²) in [6.45, 7) is 9.95. The second-order valence-corrected chi connectivity index (χ2v) is 9.12.